The summed E-state index contributed by atoms with van der Waals surface area (Å²) < 4.78 is 17.4. The van der Waals surface area contributed by atoms with Crippen LogP contribution in [0.15, 0.2) is 42.5 Å². The number of anilines is 1. The van der Waals surface area contributed by atoms with Crippen molar-refractivity contribution in [2.75, 3.05) is 138 Å². The predicted molar refractivity (Wildman–Crippen MR) is 247 cm³/mol. The molecule has 0 aliphatic carbocycles. The number of carboxylic acids is 3. The molecule has 0 saturated carbocycles. The third kappa shape index (κ3) is 19.1. The number of methoxy groups -OCH3 is 2. The Morgan fingerprint density at radius 2 is 1.23 bits per heavy atom. The van der Waals surface area contributed by atoms with Gasteiger partial charge in [0.25, 0.3) is 5.91 Å². The zero-order valence-corrected chi connectivity index (χ0v) is 38.7. The molecule has 0 spiro atoms. The number of carbonyl (C=O) groups is 5. The van der Waals surface area contributed by atoms with Crippen molar-refractivity contribution in [3.05, 3.63) is 53.6 Å². The standard InChI is InChI=1S/C45H69N9O11/c1-32(2)34-26-33(12-13-36(34)48-37(27-35(46)45(47)62)44-38(63-5)10-7-11-39(44)64-6)65-25-9-15-49(3)14-8-16-50(4)40(55)28-51-17-19-52(29-41(56)57)21-23-54(31-43(60)61)24-22-53(20-18-51)30-42(58)59/h7,10-13,26-27,32,46,48H,8-9,14-25,28-31H2,1-6H3,(H2,47,62)(H,56,57)(H,58,59)(H,60,61)/b37-27-,46-35?. The minimum Gasteiger partial charge on any atom is -0.496 e. The van der Waals surface area contributed by atoms with Crippen molar-refractivity contribution in [3.63, 3.8) is 0 Å². The molecule has 2 aromatic carbocycles. The van der Waals surface area contributed by atoms with E-state index in [0.717, 1.165) is 37.2 Å². The summed E-state index contributed by atoms with van der Waals surface area (Å²) in [5.74, 6) is -2.29. The van der Waals surface area contributed by atoms with Gasteiger partial charge in [0, 0.05) is 78.2 Å². The van der Waals surface area contributed by atoms with Gasteiger partial charge >= 0.3 is 17.9 Å². The lowest BCUT2D eigenvalue weighted by Gasteiger charge is -2.33. The first-order valence-corrected chi connectivity index (χ1v) is 21.7. The van der Waals surface area contributed by atoms with E-state index in [1.807, 2.05) is 30.1 Å². The third-order valence-corrected chi connectivity index (χ3v) is 10.9. The van der Waals surface area contributed by atoms with Crippen LogP contribution in [-0.4, -0.2) is 213 Å². The van der Waals surface area contributed by atoms with Crippen molar-refractivity contribution in [1.29, 1.82) is 5.41 Å². The van der Waals surface area contributed by atoms with Gasteiger partial charge in [0.15, 0.2) is 0 Å². The SMILES string of the molecule is COc1cccc(OC)c1/C(=C/C(=N)C(N)=O)Nc1ccc(OCCCN(C)CCCN(C)C(=O)CN2CCN(CC(=O)O)CCN(CC(=O)O)CCN(CC(=O)O)CC2)cc1C(C)C. The Morgan fingerprint density at radius 1 is 0.754 bits per heavy atom. The van der Waals surface area contributed by atoms with Gasteiger partial charge < -0.3 is 50.4 Å². The molecule has 2 amide bonds. The summed E-state index contributed by atoms with van der Waals surface area (Å²) in [5.41, 5.74) is 7.64. The maximum absolute atomic E-state index is 13.4. The van der Waals surface area contributed by atoms with Gasteiger partial charge in [0.2, 0.25) is 5.91 Å². The zero-order chi connectivity index (χ0) is 48.1. The number of benzene rings is 2. The second kappa shape index (κ2) is 27.5. The molecule has 0 bridgehead atoms. The Labute approximate surface area is 382 Å². The molecule has 65 heavy (non-hydrogen) atoms. The smallest absolute Gasteiger partial charge is 0.317 e. The summed E-state index contributed by atoms with van der Waals surface area (Å²) in [6, 6.07) is 11.0. The number of carbonyl (C=O) groups excluding carboxylic acids is 2. The van der Waals surface area contributed by atoms with E-state index in [0.29, 0.717) is 94.0 Å². The van der Waals surface area contributed by atoms with Crippen LogP contribution in [0.5, 0.6) is 17.2 Å². The number of primary amides is 1. The van der Waals surface area contributed by atoms with Crippen LogP contribution in [0.3, 0.4) is 0 Å². The van der Waals surface area contributed by atoms with Crippen LogP contribution in [0.1, 0.15) is 43.7 Å². The molecule has 3 rings (SSSR count). The van der Waals surface area contributed by atoms with E-state index in [9.17, 15) is 39.3 Å². The Balaban J connectivity index is 1.55. The number of hydrogen-bond acceptors (Lipinski definition) is 15. The summed E-state index contributed by atoms with van der Waals surface area (Å²) in [6.07, 6.45) is 2.84. The van der Waals surface area contributed by atoms with Crippen LogP contribution in [0.4, 0.5) is 5.69 Å². The summed E-state index contributed by atoms with van der Waals surface area (Å²) in [7, 11) is 6.82. The van der Waals surface area contributed by atoms with Gasteiger partial charge in [-0.3, -0.25) is 49.0 Å². The molecular weight excluding hydrogens is 843 g/mol. The highest BCUT2D eigenvalue weighted by Crippen LogP contribution is 2.37. The summed E-state index contributed by atoms with van der Waals surface area (Å²) in [5, 5.41) is 40.0. The van der Waals surface area contributed by atoms with E-state index in [4.69, 9.17) is 25.4 Å². The molecule has 1 saturated heterocycles. The fraction of sp³-hybridized carbons (Fsp3) is 0.556. The minimum atomic E-state index is -1.02. The minimum absolute atomic E-state index is 0.0780. The highest BCUT2D eigenvalue weighted by molar-refractivity contribution is 6.42. The topological polar surface area (TPSA) is 255 Å². The van der Waals surface area contributed by atoms with Crippen LogP contribution in [0.25, 0.3) is 5.70 Å². The second-order valence-corrected chi connectivity index (χ2v) is 16.4. The molecule has 20 nitrogen and oxygen atoms in total. The van der Waals surface area contributed by atoms with Gasteiger partial charge in [-0.25, -0.2) is 0 Å². The fourth-order valence-corrected chi connectivity index (χ4v) is 7.31. The summed E-state index contributed by atoms with van der Waals surface area (Å²) in [4.78, 5) is 71.0. The fourth-order valence-electron chi connectivity index (χ4n) is 7.31. The first-order chi connectivity index (χ1) is 30.9. The number of rotatable bonds is 25. The zero-order valence-electron chi connectivity index (χ0n) is 38.7. The van der Waals surface area contributed by atoms with Gasteiger partial charge in [-0.2, -0.15) is 0 Å². The normalized spacial score (nSPS) is 15.2. The van der Waals surface area contributed by atoms with Crippen molar-refractivity contribution >= 4 is 46.8 Å². The molecule has 360 valence electrons. The molecule has 20 heteroatoms. The monoisotopic (exact) mass is 912 g/mol. The van der Waals surface area contributed by atoms with Crippen molar-refractivity contribution in [2.45, 2.75) is 32.6 Å². The van der Waals surface area contributed by atoms with Crippen molar-refractivity contribution in [2.24, 2.45) is 5.73 Å². The maximum atomic E-state index is 13.4. The van der Waals surface area contributed by atoms with Gasteiger partial charge in [0.1, 0.15) is 23.0 Å². The van der Waals surface area contributed by atoms with E-state index in [1.54, 1.807) is 44.8 Å². The van der Waals surface area contributed by atoms with Gasteiger partial charge in [0.05, 0.1) is 58.3 Å². The summed E-state index contributed by atoms with van der Waals surface area (Å²) >= 11 is 0. The number of nitrogens with one attached hydrogen (secondary N) is 2. The number of hydrogen-bond donors (Lipinski definition) is 6. The molecule has 1 heterocycles. The molecule has 1 fully saturated rings. The van der Waals surface area contributed by atoms with Crippen LogP contribution in [-0.2, 0) is 24.0 Å². The molecule has 1 aliphatic rings. The first-order valence-electron chi connectivity index (χ1n) is 21.7. The summed E-state index contributed by atoms with van der Waals surface area (Å²) in [6.45, 7) is 8.63. The second-order valence-electron chi connectivity index (χ2n) is 16.4. The Hall–Kier alpha value is -5.80. The lowest BCUT2D eigenvalue weighted by molar-refractivity contribution is -0.140. The molecule has 0 unspecified atom stereocenters. The highest BCUT2D eigenvalue weighted by Gasteiger charge is 2.23. The Morgan fingerprint density at radius 3 is 1.68 bits per heavy atom. The van der Waals surface area contributed by atoms with E-state index in [2.05, 4.69) is 24.1 Å². The van der Waals surface area contributed by atoms with Crippen molar-refractivity contribution in [3.8, 4) is 17.2 Å². The molecule has 0 atom stereocenters. The van der Waals surface area contributed by atoms with Crippen LogP contribution in [0, 0.1) is 5.41 Å². The van der Waals surface area contributed by atoms with Gasteiger partial charge in [-0.1, -0.05) is 19.9 Å². The lowest BCUT2D eigenvalue weighted by Crippen LogP contribution is -2.50. The van der Waals surface area contributed by atoms with E-state index < -0.39 is 29.5 Å². The van der Waals surface area contributed by atoms with Crippen molar-refractivity contribution < 1.29 is 53.5 Å². The molecule has 2 aromatic rings. The van der Waals surface area contributed by atoms with Crippen LogP contribution < -0.4 is 25.3 Å². The molecule has 1 aliphatic heterocycles. The number of nitrogens with two attached hydrogens (primary N) is 1. The Bertz CT molecular complexity index is 1890. The maximum Gasteiger partial charge on any atom is 0.317 e. The molecular formula is C45H69N9O11. The number of carboxylic acid groups (broad SMARTS) is 3. The predicted octanol–water partition coefficient (Wildman–Crippen LogP) is 1.81. The van der Waals surface area contributed by atoms with Gasteiger partial charge in [-0.15, -0.1) is 0 Å². The average Bonchev–Trinajstić information content (AvgIpc) is 3.24. The number of likely N-dealkylation sites (N-methyl/N-ethyl adjacent to an activating group) is 1. The highest BCUT2D eigenvalue weighted by atomic mass is 16.5. The van der Waals surface area contributed by atoms with Gasteiger partial charge in [-0.05, 0) is 74.3 Å². The lowest BCUT2D eigenvalue weighted by atomic mass is 9.99. The van der Waals surface area contributed by atoms with E-state index >= 15 is 0 Å². The molecule has 7 N–H and O–H groups in total. The number of ether oxygens (including phenoxy) is 3. The van der Waals surface area contributed by atoms with Crippen LogP contribution >= 0.6 is 0 Å². The average molecular weight is 912 g/mol. The quantitative estimate of drug-likeness (QED) is 0.0614. The largest absolute Gasteiger partial charge is 0.496 e. The first kappa shape index (κ1) is 53.5. The number of aliphatic carboxylic acids is 3. The van der Waals surface area contributed by atoms with Crippen molar-refractivity contribution in [1.82, 2.24) is 29.4 Å². The van der Waals surface area contributed by atoms with Crippen LogP contribution in [0.2, 0.25) is 0 Å². The van der Waals surface area contributed by atoms with E-state index in [1.165, 1.54) is 20.3 Å². The molecule has 0 aromatic heterocycles. The number of nitrogens with zero attached hydrogens (tertiary/aromatic N) is 6. The van der Waals surface area contributed by atoms with E-state index in [-0.39, 0.29) is 38.0 Å². The number of amides is 2. The third-order valence-electron chi connectivity index (χ3n) is 10.9. The Kier molecular flexibility index (Phi) is 22.7. The molecule has 0 radical (unpaired) electrons.